The lowest BCUT2D eigenvalue weighted by atomic mass is 9.96. The number of aliphatic hydroxyl groups is 5. The number of rotatable bonds is 5. The number of nitrogens with zero attached hydrogens (tertiary/aromatic N) is 1. The van der Waals surface area contributed by atoms with Crippen molar-refractivity contribution in [1.82, 2.24) is 4.90 Å². The van der Waals surface area contributed by atoms with Gasteiger partial charge in [-0.25, -0.2) is 0 Å². The Labute approximate surface area is 133 Å². The Bertz CT molecular complexity index is 528. The van der Waals surface area contributed by atoms with Gasteiger partial charge < -0.3 is 35.4 Å². The van der Waals surface area contributed by atoms with Crippen LogP contribution in [0.5, 0.6) is 5.75 Å². The van der Waals surface area contributed by atoms with Gasteiger partial charge in [0.2, 0.25) is 5.79 Å². The third-order valence-corrected chi connectivity index (χ3v) is 3.92. The van der Waals surface area contributed by atoms with Crippen LogP contribution < -0.4 is 0 Å². The highest BCUT2D eigenvalue weighted by atomic mass is 16.6. The quantitative estimate of drug-likeness (QED) is 0.371. The number of likely N-dealkylation sites (N-methyl/N-ethyl adjacent to an activating group) is 1. The first kappa shape index (κ1) is 18.1. The van der Waals surface area contributed by atoms with E-state index < -0.39 is 30.2 Å². The molecule has 1 saturated heterocycles. The predicted octanol–water partition coefficient (Wildman–Crippen LogP) is -1.84. The molecule has 130 valence electrons. The summed E-state index contributed by atoms with van der Waals surface area (Å²) >= 11 is 0. The zero-order chi connectivity index (χ0) is 17.2. The third-order valence-electron chi connectivity index (χ3n) is 3.92. The average Bonchev–Trinajstić information content (AvgIpc) is 2.49. The van der Waals surface area contributed by atoms with Crippen LogP contribution >= 0.6 is 0 Å². The van der Waals surface area contributed by atoms with Gasteiger partial charge in [0.05, 0.1) is 19.3 Å². The molecule has 6 N–H and O–H groups in total. The zero-order valence-corrected chi connectivity index (χ0v) is 12.8. The Morgan fingerprint density at radius 2 is 2.04 bits per heavy atom. The summed E-state index contributed by atoms with van der Waals surface area (Å²) < 4.78 is 5.07. The number of phenolic OH excluding ortho intramolecular Hbond substituents is 1. The van der Waals surface area contributed by atoms with E-state index in [1.807, 2.05) is 0 Å². The molecular weight excluding hydrogens is 306 g/mol. The topological polar surface area (TPSA) is 134 Å². The molecule has 23 heavy (non-hydrogen) atoms. The molecule has 8 heteroatoms. The van der Waals surface area contributed by atoms with Crippen LogP contribution in [0.2, 0.25) is 0 Å². The average molecular weight is 329 g/mol. The van der Waals surface area contributed by atoms with E-state index in [-0.39, 0.29) is 25.4 Å². The van der Waals surface area contributed by atoms with Gasteiger partial charge in [0.25, 0.3) is 0 Å². The van der Waals surface area contributed by atoms with Crippen molar-refractivity contribution in [3.63, 3.8) is 0 Å². The van der Waals surface area contributed by atoms with Crippen molar-refractivity contribution < 1.29 is 35.4 Å². The number of aromatic hydroxyl groups is 1. The summed E-state index contributed by atoms with van der Waals surface area (Å²) in [5.74, 6) is -2.02. The Hall–Kier alpha value is -1.26. The van der Waals surface area contributed by atoms with Crippen LogP contribution in [-0.4, -0.2) is 86.4 Å². The summed E-state index contributed by atoms with van der Waals surface area (Å²) in [6.45, 7) is -0.397. The van der Waals surface area contributed by atoms with Gasteiger partial charge >= 0.3 is 0 Å². The van der Waals surface area contributed by atoms with Gasteiger partial charge in [0, 0.05) is 6.54 Å². The van der Waals surface area contributed by atoms with E-state index in [0.717, 1.165) is 0 Å². The highest BCUT2D eigenvalue weighted by Gasteiger charge is 2.48. The molecule has 2 rings (SSSR count). The number of benzene rings is 1. The fourth-order valence-electron chi connectivity index (χ4n) is 2.61. The number of ether oxygens (including phenoxy) is 1. The second-order valence-electron chi connectivity index (χ2n) is 5.97. The van der Waals surface area contributed by atoms with Gasteiger partial charge in [-0.15, -0.1) is 0 Å². The Kier molecular flexibility index (Phi) is 5.58. The SMILES string of the molecule is CN(CC(O)c1cccc(O)c1)CC1(O)OCC(O)C(O)C1O. The maximum atomic E-state index is 10.3. The van der Waals surface area contributed by atoms with Crippen molar-refractivity contribution in [2.45, 2.75) is 30.2 Å². The maximum Gasteiger partial charge on any atom is 0.207 e. The molecule has 0 aliphatic carbocycles. The minimum absolute atomic E-state index is 0.0333. The van der Waals surface area contributed by atoms with Crippen molar-refractivity contribution in [3.05, 3.63) is 29.8 Å². The Morgan fingerprint density at radius 3 is 2.70 bits per heavy atom. The summed E-state index contributed by atoms with van der Waals surface area (Å²) in [6.07, 6.45) is -5.38. The van der Waals surface area contributed by atoms with Crippen LogP contribution in [0.4, 0.5) is 0 Å². The molecule has 0 saturated carbocycles. The second-order valence-corrected chi connectivity index (χ2v) is 5.97. The van der Waals surface area contributed by atoms with E-state index in [2.05, 4.69) is 0 Å². The molecule has 8 nitrogen and oxygen atoms in total. The Balaban J connectivity index is 1.97. The molecule has 1 aromatic carbocycles. The van der Waals surface area contributed by atoms with Crippen molar-refractivity contribution >= 4 is 0 Å². The van der Waals surface area contributed by atoms with Gasteiger partial charge in [-0.2, -0.15) is 0 Å². The summed E-state index contributed by atoms with van der Waals surface area (Å²) in [6, 6.07) is 6.17. The van der Waals surface area contributed by atoms with Gasteiger partial charge in [-0.3, -0.25) is 4.90 Å². The zero-order valence-electron chi connectivity index (χ0n) is 12.8. The first-order valence-electron chi connectivity index (χ1n) is 7.29. The van der Waals surface area contributed by atoms with Gasteiger partial charge in [0.1, 0.15) is 24.1 Å². The second kappa shape index (κ2) is 7.10. The fraction of sp³-hybridized carbons (Fsp3) is 0.600. The van der Waals surface area contributed by atoms with Gasteiger partial charge in [0.15, 0.2) is 0 Å². The molecule has 1 aliphatic rings. The van der Waals surface area contributed by atoms with E-state index in [1.165, 1.54) is 17.0 Å². The summed E-state index contributed by atoms with van der Waals surface area (Å²) in [4.78, 5) is 1.52. The fourth-order valence-corrected chi connectivity index (χ4v) is 2.61. The van der Waals surface area contributed by atoms with Crippen LogP contribution in [0.15, 0.2) is 24.3 Å². The van der Waals surface area contributed by atoms with Crippen molar-refractivity contribution in [3.8, 4) is 5.75 Å². The molecule has 1 fully saturated rings. The molecule has 0 amide bonds. The van der Waals surface area contributed by atoms with Crippen LogP contribution in [0.25, 0.3) is 0 Å². The monoisotopic (exact) mass is 329 g/mol. The lowest BCUT2D eigenvalue weighted by molar-refractivity contribution is -0.324. The van der Waals surface area contributed by atoms with Gasteiger partial charge in [-0.1, -0.05) is 12.1 Å². The Morgan fingerprint density at radius 1 is 1.35 bits per heavy atom. The van der Waals surface area contributed by atoms with Crippen LogP contribution in [0.1, 0.15) is 11.7 Å². The van der Waals surface area contributed by atoms with E-state index in [9.17, 15) is 30.6 Å². The number of hydrogen-bond donors (Lipinski definition) is 6. The lowest BCUT2D eigenvalue weighted by Gasteiger charge is -2.43. The number of hydrogen-bond acceptors (Lipinski definition) is 8. The molecule has 0 aromatic heterocycles. The molecule has 0 radical (unpaired) electrons. The number of aliphatic hydroxyl groups excluding tert-OH is 4. The third kappa shape index (κ3) is 4.18. The van der Waals surface area contributed by atoms with Crippen molar-refractivity contribution in [2.75, 3.05) is 26.7 Å². The molecule has 0 bridgehead atoms. The van der Waals surface area contributed by atoms with E-state index in [4.69, 9.17) is 4.74 Å². The van der Waals surface area contributed by atoms with Crippen molar-refractivity contribution in [2.24, 2.45) is 0 Å². The van der Waals surface area contributed by atoms with Crippen LogP contribution in [0.3, 0.4) is 0 Å². The highest BCUT2D eigenvalue weighted by Crippen LogP contribution is 2.26. The first-order valence-corrected chi connectivity index (χ1v) is 7.29. The normalized spacial score (nSPS) is 32.9. The molecular formula is C15H23NO7. The van der Waals surface area contributed by atoms with Crippen molar-refractivity contribution in [1.29, 1.82) is 0 Å². The summed E-state index contributed by atoms with van der Waals surface area (Å²) in [5.41, 5.74) is 0.504. The summed E-state index contributed by atoms with van der Waals surface area (Å²) in [5, 5.41) is 58.9. The molecule has 1 heterocycles. The molecule has 1 aliphatic heterocycles. The molecule has 1 aromatic rings. The maximum absolute atomic E-state index is 10.3. The van der Waals surface area contributed by atoms with Crippen LogP contribution in [-0.2, 0) is 4.74 Å². The van der Waals surface area contributed by atoms with E-state index >= 15 is 0 Å². The first-order chi connectivity index (χ1) is 10.7. The molecule has 5 unspecified atom stereocenters. The predicted molar refractivity (Wildman–Crippen MR) is 79.5 cm³/mol. The minimum Gasteiger partial charge on any atom is -0.508 e. The van der Waals surface area contributed by atoms with E-state index in [1.54, 1.807) is 19.2 Å². The lowest BCUT2D eigenvalue weighted by Crippen LogP contribution is -2.64. The van der Waals surface area contributed by atoms with Crippen LogP contribution in [0, 0.1) is 0 Å². The molecule has 5 atom stereocenters. The minimum atomic E-state index is -2.05. The van der Waals surface area contributed by atoms with E-state index in [0.29, 0.717) is 5.56 Å². The summed E-state index contributed by atoms with van der Waals surface area (Å²) in [7, 11) is 1.59. The standard InChI is InChI=1S/C15H23NO7/c1-16(6-11(18)9-3-2-4-10(17)5-9)8-15(22)14(21)13(20)12(19)7-23-15/h2-5,11-14,17-22H,6-8H2,1H3. The molecule has 0 spiro atoms. The highest BCUT2D eigenvalue weighted by molar-refractivity contribution is 5.28. The van der Waals surface area contributed by atoms with Gasteiger partial charge in [-0.05, 0) is 24.7 Å². The smallest absolute Gasteiger partial charge is 0.207 e. The largest absolute Gasteiger partial charge is 0.508 e. The number of phenols is 1.